The molecule has 1 unspecified atom stereocenters. The lowest BCUT2D eigenvalue weighted by Gasteiger charge is -2.35. The van der Waals surface area contributed by atoms with Gasteiger partial charge in [0.15, 0.2) is 5.96 Å². The first-order valence-corrected chi connectivity index (χ1v) is 8.73. The molecule has 0 aromatic carbocycles. The average Bonchev–Trinajstić information content (AvgIpc) is 2.46. The Labute approximate surface area is 164 Å². The standard InChI is InChI=1S/C17H35N5O.HI/c1-7-22-11-9-8-10-14(22)12-19-16(18-5)21(6)13-15(23)20-17(2,3)4;/h14H,7-13H2,1-6H3,(H,18,19)(H,20,23);1H. The van der Waals surface area contributed by atoms with Gasteiger partial charge in [-0.15, -0.1) is 24.0 Å². The Hall–Kier alpha value is -0.570. The third kappa shape index (κ3) is 8.50. The normalized spacial score (nSPS) is 19.4. The lowest BCUT2D eigenvalue weighted by atomic mass is 10.0. The van der Waals surface area contributed by atoms with Crippen LogP contribution < -0.4 is 10.6 Å². The van der Waals surface area contributed by atoms with Gasteiger partial charge in [0.25, 0.3) is 0 Å². The monoisotopic (exact) mass is 453 g/mol. The van der Waals surface area contributed by atoms with Gasteiger partial charge >= 0.3 is 0 Å². The average molecular weight is 453 g/mol. The van der Waals surface area contributed by atoms with E-state index in [2.05, 4.69) is 27.4 Å². The fraction of sp³-hybridized carbons (Fsp3) is 0.882. The first-order valence-electron chi connectivity index (χ1n) is 8.73. The third-order valence-electron chi connectivity index (χ3n) is 4.12. The summed E-state index contributed by atoms with van der Waals surface area (Å²) in [5, 5.41) is 6.40. The molecule has 1 heterocycles. The van der Waals surface area contributed by atoms with Crippen LogP contribution in [0.4, 0.5) is 0 Å². The van der Waals surface area contributed by atoms with Gasteiger partial charge in [-0.05, 0) is 46.7 Å². The second-order valence-electron chi connectivity index (χ2n) is 7.36. The summed E-state index contributed by atoms with van der Waals surface area (Å²) in [4.78, 5) is 20.8. The molecule has 0 aromatic rings. The highest BCUT2D eigenvalue weighted by molar-refractivity contribution is 14.0. The van der Waals surface area contributed by atoms with Crippen molar-refractivity contribution < 1.29 is 4.79 Å². The molecule has 142 valence electrons. The van der Waals surface area contributed by atoms with Crippen molar-refractivity contribution in [1.82, 2.24) is 20.4 Å². The maximum Gasteiger partial charge on any atom is 0.240 e. The van der Waals surface area contributed by atoms with E-state index in [-0.39, 0.29) is 35.4 Å². The summed E-state index contributed by atoms with van der Waals surface area (Å²) in [6.45, 7) is 11.6. The second-order valence-corrected chi connectivity index (χ2v) is 7.36. The number of nitrogens with zero attached hydrogens (tertiary/aromatic N) is 3. The lowest BCUT2D eigenvalue weighted by Crippen LogP contribution is -2.52. The van der Waals surface area contributed by atoms with Crippen LogP contribution in [0.1, 0.15) is 47.0 Å². The molecule has 6 nitrogen and oxygen atoms in total. The van der Waals surface area contributed by atoms with Crippen LogP contribution in [0.2, 0.25) is 0 Å². The number of amides is 1. The minimum Gasteiger partial charge on any atom is -0.355 e. The third-order valence-corrected chi connectivity index (χ3v) is 4.12. The molecule has 0 aliphatic carbocycles. The molecule has 0 saturated carbocycles. The van der Waals surface area contributed by atoms with Crippen molar-refractivity contribution in [1.29, 1.82) is 0 Å². The summed E-state index contributed by atoms with van der Waals surface area (Å²) in [5.41, 5.74) is -0.210. The summed E-state index contributed by atoms with van der Waals surface area (Å²) in [6, 6.07) is 0.558. The van der Waals surface area contributed by atoms with Gasteiger partial charge in [-0.2, -0.15) is 0 Å². The van der Waals surface area contributed by atoms with E-state index in [1.807, 2.05) is 32.7 Å². The maximum atomic E-state index is 12.0. The largest absolute Gasteiger partial charge is 0.355 e. The molecule has 1 aliphatic heterocycles. The summed E-state index contributed by atoms with van der Waals surface area (Å²) < 4.78 is 0. The smallest absolute Gasteiger partial charge is 0.240 e. The summed E-state index contributed by atoms with van der Waals surface area (Å²) in [6.07, 6.45) is 3.82. The van der Waals surface area contributed by atoms with E-state index >= 15 is 0 Å². The van der Waals surface area contributed by atoms with Crippen molar-refractivity contribution in [2.24, 2.45) is 4.99 Å². The zero-order valence-electron chi connectivity index (χ0n) is 16.2. The molecule has 1 rings (SSSR count). The molecule has 24 heavy (non-hydrogen) atoms. The number of nitrogens with one attached hydrogen (secondary N) is 2. The van der Waals surface area contributed by atoms with Crippen LogP contribution in [0, 0.1) is 0 Å². The fourth-order valence-corrected chi connectivity index (χ4v) is 3.05. The van der Waals surface area contributed by atoms with Gasteiger partial charge < -0.3 is 15.5 Å². The predicted molar refractivity (Wildman–Crippen MR) is 112 cm³/mol. The van der Waals surface area contributed by atoms with Crippen LogP contribution in [0.25, 0.3) is 0 Å². The number of carbonyl (C=O) groups excluding carboxylic acids is 1. The fourth-order valence-electron chi connectivity index (χ4n) is 3.05. The van der Waals surface area contributed by atoms with Gasteiger partial charge in [0.1, 0.15) is 0 Å². The number of halogens is 1. The predicted octanol–water partition coefficient (Wildman–Crippen LogP) is 1.90. The van der Waals surface area contributed by atoms with Crippen LogP contribution in [-0.4, -0.2) is 73.5 Å². The van der Waals surface area contributed by atoms with Gasteiger partial charge in [-0.3, -0.25) is 14.7 Å². The highest BCUT2D eigenvalue weighted by Gasteiger charge is 2.22. The van der Waals surface area contributed by atoms with Gasteiger partial charge in [-0.25, -0.2) is 0 Å². The quantitative estimate of drug-likeness (QED) is 0.379. The van der Waals surface area contributed by atoms with E-state index < -0.39 is 0 Å². The number of carbonyl (C=O) groups is 1. The van der Waals surface area contributed by atoms with E-state index in [9.17, 15) is 4.79 Å². The Balaban J connectivity index is 0.00000529. The number of likely N-dealkylation sites (N-methyl/N-ethyl adjacent to an activating group) is 2. The summed E-state index contributed by atoms with van der Waals surface area (Å²) >= 11 is 0. The Kier molecular flexibility index (Phi) is 10.9. The first kappa shape index (κ1) is 23.4. The number of piperidine rings is 1. The zero-order chi connectivity index (χ0) is 17.5. The molecule has 7 heteroatoms. The SMILES string of the molecule is CCN1CCCCC1CNC(=NC)N(C)CC(=O)NC(C)(C)C.I. The maximum absolute atomic E-state index is 12.0. The molecule has 1 aliphatic rings. The molecule has 1 amide bonds. The summed E-state index contributed by atoms with van der Waals surface area (Å²) in [5.74, 6) is 0.784. The van der Waals surface area contributed by atoms with E-state index in [1.54, 1.807) is 7.05 Å². The number of hydrogen-bond donors (Lipinski definition) is 2. The lowest BCUT2D eigenvalue weighted by molar-refractivity contribution is -0.122. The van der Waals surface area contributed by atoms with E-state index in [0.29, 0.717) is 12.6 Å². The minimum absolute atomic E-state index is 0. The number of aliphatic imine (C=N–C) groups is 1. The number of guanidine groups is 1. The molecule has 2 N–H and O–H groups in total. The van der Waals surface area contributed by atoms with E-state index in [0.717, 1.165) is 19.0 Å². The molecule has 0 aromatic heterocycles. The molecule has 0 radical (unpaired) electrons. The van der Waals surface area contributed by atoms with Gasteiger partial charge in [0, 0.05) is 32.2 Å². The van der Waals surface area contributed by atoms with Gasteiger partial charge in [-0.1, -0.05) is 13.3 Å². The van der Waals surface area contributed by atoms with Crippen molar-refractivity contribution in [2.45, 2.75) is 58.5 Å². The highest BCUT2D eigenvalue weighted by Crippen LogP contribution is 2.15. The molecule has 1 saturated heterocycles. The Morgan fingerprint density at radius 1 is 1.33 bits per heavy atom. The first-order chi connectivity index (χ1) is 10.8. The van der Waals surface area contributed by atoms with Crippen LogP contribution in [0.5, 0.6) is 0 Å². The number of likely N-dealkylation sites (tertiary alicyclic amines) is 1. The van der Waals surface area contributed by atoms with Gasteiger partial charge in [0.05, 0.1) is 6.54 Å². The van der Waals surface area contributed by atoms with Crippen LogP contribution in [0.15, 0.2) is 4.99 Å². The molecule has 0 spiro atoms. The van der Waals surface area contributed by atoms with Gasteiger partial charge in [0.2, 0.25) is 5.91 Å². The minimum atomic E-state index is -0.210. The second kappa shape index (κ2) is 11.1. The van der Waals surface area contributed by atoms with Crippen molar-refractivity contribution in [3.05, 3.63) is 0 Å². The molecular weight excluding hydrogens is 417 g/mol. The van der Waals surface area contributed by atoms with Crippen LogP contribution in [-0.2, 0) is 4.79 Å². The van der Waals surface area contributed by atoms with Crippen molar-refractivity contribution >= 4 is 35.8 Å². The zero-order valence-corrected chi connectivity index (χ0v) is 18.5. The molecule has 1 fully saturated rings. The van der Waals surface area contributed by atoms with Crippen molar-refractivity contribution in [2.75, 3.05) is 40.3 Å². The Morgan fingerprint density at radius 3 is 2.54 bits per heavy atom. The number of rotatable bonds is 5. The molecule has 1 atom stereocenters. The van der Waals surface area contributed by atoms with Crippen LogP contribution >= 0.6 is 24.0 Å². The highest BCUT2D eigenvalue weighted by atomic mass is 127. The molecule has 0 bridgehead atoms. The van der Waals surface area contributed by atoms with E-state index in [4.69, 9.17) is 0 Å². The van der Waals surface area contributed by atoms with Crippen molar-refractivity contribution in [3.8, 4) is 0 Å². The summed E-state index contributed by atoms with van der Waals surface area (Å²) in [7, 11) is 3.66. The van der Waals surface area contributed by atoms with Crippen LogP contribution in [0.3, 0.4) is 0 Å². The van der Waals surface area contributed by atoms with Crippen molar-refractivity contribution in [3.63, 3.8) is 0 Å². The Morgan fingerprint density at radius 2 is 2.00 bits per heavy atom. The Bertz CT molecular complexity index is 408. The molecular formula is C17H36IN5O. The van der Waals surface area contributed by atoms with E-state index in [1.165, 1.54) is 25.8 Å². The topological polar surface area (TPSA) is 60.0 Å². The number of hydrogen-bond acceptors (Lipinski definition) is 3.